The van der Waals surface area contributed by atoms with E-state index in [2.05, 4.69) is 10.6 Å². The second-order valence-electron chi connectivity index (χ2n) is 4.75. The second kappa shape index (κ2) is 8.08. The third-order valence-electron chi connectivity index (χ3n) is 3.01. The summed E-state index contributed by atoms with van der Waals surface area (Å²) in [6.07, 6.45) is -0.219. The molecular formula is C12H23N3O4. The summed E-state index contributed by atoms with van der Waals surface area (Å²) >= 11 is 0. The Morgan fingerprint density at radius 1 is 1.37 bits per heavy atom. The first-order valence-electron chi connectivity index (χ1n) is 6.50. The van der Waals surface area contributed by atoms with E-state index in [0.29, 0.717) is 26.2 Å². The van der Waals surface area contributed by atoms with Crippen LogP contribution in [0.2, 0.25) is 0 Å². The Balaban J connectivity index is 2.24. The molecule has 0 aromatic heterocycles. The predicted molar refractivity (Wildman–Crippen MR) is 69.6 cm³/mol. The van der Waals surface area contributed by atoms with Crippen molar-refractivity contribution in [1.82, 2.24) is 15.5 Å². The van der Waals surface area contributed by atoms with Gasteiger partial charge in [0.15, 0.2) is 0 Å². The number of nitrogens with one attached hydrogen (secondary N) is 2. The minimum Gasteiger partial charge on any atom is -0.394 e. The number of morpholine rings is 1. The lowest BCUT2D eigenvalue weighted by Crippen LogP contribution is -2.52. The average Bonchev–Trinajstić information content (AvgIpc) is 2.37. The van der Waals surface area contributed by atoms with Crippen molar-refractivity contribution in [3.8, 4) is 0 Å². The number of ether oxygens (including phenoxy) is 1. The summed E-state index contributed by atoms with van der Waals surface area (Å²) in [6.45, 7) is 5.58. The van der Waals surface area contributed by atoms with Crippen molar-refractivity contribution in [2.75, 3.05) is 39.4 Å². The van der Waals surface area contributed by atoms with Gasteiger partial charge in [0.05, 0.1) is 25.9 Å². The van der Waals surface area contributed by atoms with Crippen LogP contribution in [0.25, 0.3) is 0 Å². The fourth-order valence-corrected chi connectivity index (χ4v) is 1.89. The van der Waals surface area contributed by atoms with Gasteiger partial charge in [-0.2, -0.15) is 0 Å². The molecule has 1 aliphatic heterocycles. The quantitative estimate of drug-likeness (QED) is 0.503. The third-order valence-corrected chi connectivity index (χ3v) is 3.01. The molecule has 2 unspecified atom stereocenters. The molecule has 0 aliphatic carbocycles. The fourth-order valence-electron chi connectivity index (χ4n) is 1.89. The van der Waals surface area contributed by atoms with Crippen LogP contribution in [0.3, 0.4) is 0 Å². The molecule has 2 atom stereocenters. The Morgan fingerprint density at radius 2 is 2.05 bits per heavy atom. The highest BCUT2D eigenvalue weighted by Crippen LogP contribution is 2.10. The van der Waals surface area contributed by atoms with Gasteiger partial charge in [0.25, 0.3) is 0 Å². The standard InChI is InChI=1S/C12H23N3O4/c1-9-8-19-11(7-16)5-15(9)6-12(18)14-4-3-13-10(2)17/h9,11,16H,3-8H2,1-2H3,(H,13,17)(H,14,18). The molecule has 0 bridgehead atoms. The normalized spacial score (nSPS) is 23.9. The van der Waals surface area contributed by atoms with Gasteiger partial charge in [-0.1, -0.05) is 0 Å². The zero-order chi connectivity index (χ0) is 14.3. The molecule has 0 aromatic carbocycles. The fraction of sp³-hybridized carbons (Fsp3) is 0.833. The van der Waals surface area contributed by atoms with Crippen LogP contribution in [0.5, 0.6) is 0 Å². The number of hydrogen-bond donors (Lipinski definition) is 3. The molecule has 7 nitrogen and oxygen atoms in total. The monoisotopic (exact) mass is 273 g/mol. The number of carbonyl (C=O) groups is 2. The van der Waals surface area contributed by atoms with E-state index in [9.17, 15) is 9.59 Å². The van der Waals surface area contributed by atoms with Crippen molar-refractivity contribution in [1.29, 1.82) is 0 Å². The maximum absolute atomic E-state index is 11.7. The van der Waals surface area contributed by atoms with Gasteiger partial charge in [-0.25, -0.2) is 0 Å². The largest absolute Gasteiger partial charge is 0.394 e. The van der Waals surface area contributed by atoms with E-state index >= 15 is 0 Å². The molecule has 7 heteroatoms. The summed E-state index contributed by atoms with van der Waals surface area (Å²) in [6, 6.07) is 0.156. The van der Waals surface area contributed by atoms with Crippen LogP contribution in [0.4, 0.5) is 0 Å². The number of amides is 2. The number of hydrogen-bond acceptors (Lipinski definition) is 5. The molecule has 2 amide bonds. The van der Waals surface area contributed by atoms with Gasteiger partial charge in [-0.3, -0.25) is 14.5 Å². The summed E-state index contributed by atoms with van der Waals surface area (Å²) in [5.41, 5.74) is 0. The molecule has 110 valence electrons. The lowest BCUT2D eigenvalue weighted by atomic mass is 10.2. The molecule has 0 spiro atoms. The van der Waals surface area contributed by atoms with Gasteiger partial charge in [0, 0.05) is 32.6 Å². The first kappa shape index (κ1) is 15.9. The van der Waals surface area contributed by atoms with E-state index in [0.717, 1.165) is 0 Å². The van der Waals surface area contributed by atoms with E-state index in [1.54, 1.807) is 0 Å². The Kier molecular flexibility index (Phi) is 6.75. The van der Waals surface area contributed by atoms with Crippen molar-refractivity contribution in [2.24, 2.45) is 0 Å². The molecule has 3 N–H and O–H groups in total. The molecule has 0 saturated carbocycles. The van der Waals surface area contributed by atoms with E-state index in [1.807, 2.05) is 11.8 Å². The number of nitrogens with zero attached hydrogens (tertiary/aromatic N) is 1. The molecule has 1 fully saturated rings. The van der Waals surface area contributed by atoms with Crippen molar-refractivity contribution in [2.45, 2.75) is 26.0 Å². The van der Waals surface area contributed by atoms with Gasteiger partial charge in [-0.15, -0.1) is 0 Å². The first-order chi connectivity index (χ1) is 9.02. The third kappa shape index (κ3) is 6.00. The van der Waals surface area contributed by atoms with E-state index in [1.165, 1.54) is 6.92 Å². The van der Waals surface area contributed by atoms with Crippen LogP contribution in [-0.4, -0.2) is 73.4 Å². The van der Waals surface area contributed by atoms with Crippen LogP contribution < -0.4 is 10.6 Å². The van der Waals surface area contributed by atoms with Crippen molar-refractivity contribution >= 4 is 11.8 Å². The molecule has 0 radical (unpaired) electrons. The number of rotatable bonds is 6. The molecule has 0 aromatic rings. The van der Waals surface area contributed by atoms with Crippen LogP contribution in [-0.2, 0) is 14.3 Å². The minimum absolute atomic E-state index is 0.0344. The maximum Gasteiger partial charge on any atom is 0.234 e. The van der Waals surface area contributed by atoms with Crippen molar-refractivity contribution in [3.63, 3.8) is 0 Å². The lowest BCUT2D eigenvalue weighted by molar-refractivity contribution is -0.127. The minimum atomic E-state index is -0.219. The van der Waals surface area contributed by atoms with Gasteiger partial charge < -0.3 is 20.5 Å². The van der Waals surface area contributed by atoms with E-state index < -0.39 is 0 Å². The zero-order valence-electron chi connectivity index (χ0n) is 11.5. The van der Waals surface area contributed by atoms with Gasteiger partial charge in [0.2, 0.25) is 11.8 Å². The molecule has 1 heterocycles. The second-order valence-corrected chi connectivity index (χ2v) is 4.75. The van der Waals surface area contributed by atoms with E-state index in [4.69, 9.17) is 9.84 Å². The predicted octanol–water partition coefficient (Wildman–Crippen LogP) is -1.68. The molecular weight excluding hydrogens is 250 g/mol. The topological polar surface area (TPSA) is 90.9 Å². The Labute approximate surface area is 113 Å². The summed E-state index contributed by atoms with van der Waals surface area (Å²) in [4.78, 5) is 24.4. The zero-order valence-corrected chi connectivity index (χ0v) is 11.5. The molecule has 1 rings (SSSR count). The van der Waals surface area contributed by atoms with Gasteiger partial charge in [0.1, 0.15) is 0 Å². The summed E-state index contributed by atoms with van der Waals surface area (Å²) in [5, 5.41) is 14.4. The number of aliphatic hydroxyl groups is 1. The highest BCUT2D eigenvalue weighted by Gasteiger charge is 2.26. The summed E-state index contributed by atoms with van der Waals surface area (Å²) in [7, 11) is 0. The van der Waals surface area contributed by atoms with Crippen LogP contribution in [0.15, 0.2) is 0 Å². The number of carbonyl (C=O) groups excluding carboxylic acids is 2. The first-order valence-corrected chi connectivity index (χ1v) is 6.50. The van der Waals surface area contributed by atoms with Crippen LogP contribution >= 0.6 is 0 Å². The molecule has 19 heavy (non-hydrogen) atoms. The SMILES string of the molecule is CC(=O)NCCNC(=O)CN1CC(CO)OCC1C. The van der Waals surface area contributed by atoms with Crippen molar-refractivity contribution in [3.05, 3.63) is 0 Å². The van der Waals surface area contributed by atoms with E-state index in [-0.39, 0.29) is 37.1 Å². The number of aliphatic hydroxyl groups excluding tert-OH is 1. The Bertz CT molecular complexity index is 311. The summed E-state index contributed by atoms with van der Waals surface area (Å²) in [5.74, 6) is -0.197. The highest BCUT2D eigenvalue weighted by atomic mass is 16.5. The van der Waals surface area contributed by atoms with Crippen molar-refractivity contribution < 1.29 is 19.4 Å². The van der Waals surface area contributed by atoms with Gasteiger partial charge >= 0.3 is 0 Å². The van der Waals surface area contributed by atoms with Crippen LogP contribution in [0.1, 0.15) is 13.8 Å². The Hall–Kier alpha value is -1.18. The smallest absolute Gasteiger partial charge is 0.234 e. The Morgan fingerprint density at radius 3 is 2.68 bits per heavy atom. The van der Waals surface area contributed by atoms with Crippen LogP contribution in [0, 0.1) is 0 Å². The highest BCUT2D eigenvalue weighted by molar-refractivity contribution is 5.78. The molecule has 1 aliphatic rings. The maximum atomic E-state index is 11.7. The van der Waals surface area contributed by atoms with Gasteiger partial charge in [-0.05, 0) is 6.92 Å². The lowest BCUT2D eigenvalue weighted by Gasteiger charge is -2.36. The summed E-state index contributed by atoms with van der Waals surface area (Å²) < 4.78 is 5.41. The molecule has 1 saturated heterocycles. The average molecular weight is 273 g/mol.